The minimum atomic E-state index is 0. The summed E-state index contributed by atoms with van der Waals surface area (Å²) in [4.78, 5) is 0. The third kappa shape index (κ3) is 13.2. The first-order valence-corrected chi connectivity index (χ1v) is 2.09. The molecule has 50 valence electrons. The van der Waals surface area contributed by atoms with Gasteiger partial charge in [0.25, 0.3) is 0 Å². The number of hydrogen-bond acceptors (Lipinski definition) is 2. The average Bonchev–Trinajstić information content (AvgIpc) is 1.68. The fraction of sp³-hybridized carbons (Fsp3) is 0.600. The summed E-state index contributed by atoms with van der Waals surface area (Å²) >= 11 is 0. The van der Waals surface area contributed by atoms with Crippen LogP contribution in [0.3, 0.4) is 0 Å². The van der Waals surface area contributed by atoms with Crippen molar-refractivity contribution >= 4 is 0 Å². The molecular formula is C5H10O2Y2-2. The van der Waals surface area contributed by atoms with Gasteiger partial charge in [-0.05, 0) is 6.92 Å². The first kappa shape index (κ1) is 17.3. The third-order valence-corrected chi connectivity index (χ3v) is 0.637. The summed E-state index contributed by atoms with van der Waals surface area (Å²) in [7, 11) is 6.36. The molecule has 0 aliphatic heterocycles. The Morgan fingerprint density at radius 1 is 1.33 bits per heavy atom. The molecule has 1 atom stereocenters. The topological polar surface area (TPSA) is 18.5 Å². The van der Waals surface area contributed by atoms with Crippen LogP contribution in [-0.4, -0.2) is 12.7 Å². The Labute approximate surface area is 107 Å². The molecule has 1 unspecified atom stereocenters. The van der Waals surface area contributed by atoms with Crippen molar-refractivity contribution in [2.24, 2.45) is 0 Å². The Kier molecular flexibility index (Phi) is 24.5. The monoisotopic (exact) mass is 280 g/mol. The van der Waals surface area contributed by atoms with Gasteiger partial charge in [-0.3, -0.25) is 0 Å². The van der Waals surface area contributed by atoms with Crippen molar-refractivity contribution < 1.29 is 74.9 Å². The molecule has 0 spiro atoms. The van der Waals surface area contributed by atoms with Crippen molar-refractivity contribution in [2.45, 2.75) is 13.0 Å². The van der Waals surface area contributed by atoms with E-state index in [9.17, 15) is 0 Å². The van der Waals surface area contributed by atoms with Crippen LogP contribution in [0.2, 0.25) is 0 Å². The van der Waals surface area contributed by atoms with Gasteiger partial charge in [0.15, 0.2) is 0 Å². The second kappa shape index (κ2) is 12.8. The zero-order valence-electron chi connectivity index (χ0n) is 5.67. The molecule has 2 nitrogen and oxygen atoms in total. The van der Waals surface area contributed by atoms with Crippen molar-refractivity contribution in [1.29, 1.82) is 0 Å². The van der Waals surface area contributed by atoms with E-state index >= 15 is 0 Å². The summed E-state index contributed by atoms with van der Waals surface area (Å²) in [5.74, 6) is 0. The molecule has 0 heterocycles. The molecule has 0 amide bonds. The molecule has 0 aromatic carbocycles. The van der Waals surface area contributed by atoms with Crippen molar-refractivity contribution in [1.82, 2.24) is 0 Å². The summed E-state index contributed by atoms with van der Waals surface area (Å²) < 4.78 is 9.06. The van der Waals surface area contributed by atoms with Gasteiger partial charge in [-0.15, -0.1) is 0 Å². The molecule has 0 aliphatic carbocycles. The smallest absolute Gasteiger partial charge is 0.0410 e. The van der Waals surface area contributed by atoms with Crippen LogP contribution in [0.5, 0.6) is 0 Å². The van der Waals surface area contributed by atoms with Crippen molar-refractivity contribution in [3.8, 4) is 0 Å². The van der Waals surface area contributed by atoms with Crippen LogP contribution in [0.15, 0.2) is 0 Å². The third-order valence-electron chi connectivity index (χ3n) is 0.637. The molecule has 0 aliphatic rings. The molecule has 0 saturated carbocycles. The molecule has 9 heavy (non-hydrogen) atoms. The van der Waals surface area contributed by atoms with Crippen molar-refractivity contribution in [3.05, 3.63) is 14.2 Å². The summed E-state index contributed by atoms with van der Waals surface area (Å²) in [6.45, 7) is 2.36. The molecule has 0 N–H and O–H groups in total. The van der Waals surface area contributed by atoms with Gasteiger partial charge in [0.05, 0.1) is 0 Å². The van der Waals surface area contributed by atoms with Gasteiger partial charge >= 0.3 is 0 Å². The quantitative estimate of drug-likeness (QED) is 0.718. The van der Waals surface area contributed by atoms with Crippen LogP contribution < -0.4 is 0 Å². The maximum absolute atomic E-state index is 4.58. The van der Waals surface area contributed by atoms with Crippen LogP contribution in [0.4, 0.5) is 0 Å². The van der Waals surface area contributed by atoms with Gasteiger partial charge in [-0.1, -0.05) is 0 Å². The predicted molar refractivity (Wildman–Crippen MR) is 27.2 cm³/mol. The van der Waals surface area contributed by atoms with Crippen LogP contribution in [-0.2, 0) is 74.9 Å². The summed E-state index contributed by atoms with van der Waals surface area (Å²) in [6, 6.07) is 0. The maximum Gasteiger partial charge on any atom is 0.0410 e. The number of rotatable bonds is 3. The van der Waals surface area contributed by atoms with E-state index in [-0.39, 0.29) is 71.5 Å². The van der Waals surface area contributed by atoms with E-state index in [1.54, 1.807) is 0 Å². The second-order valence-corrected chi connectivity index (χ2v) is 1.35. The Hall–Kier alpha value is 2.13. The van der Waals surface area contributed by atoms with E-state index in [0.29, 0.717) is 6.61 Å². The molecule has 0 saturated heterocycles. The van der Waals surface area contributed by atoms with Gasteiger partial charge in [0, 0.05) is 78.1 Å². The zero-order valence-corrected chi connectivity index (χ0v) is 11.3. The Bertz CT molecular complexity index is 43.9. The standard InChI is InChI=1S/C5H10O2.2Y/c1-5(7-3)4-6-2;;/h5H,2-4H2,1H3;;/q-2;;. The molecule has 0 aromatic heterocycles. The van der Waals surface area contributed by atoms with E-state index in [1.807, 2.05) is 6.92 Å². The molecule has 0 bridgehead atoms. The Balaban J connectivity index is -0.000000180. The van der Waals surface area contributed by atoms with Crippen LogP contribution in [0, 0.1) is 14.2 Å². The van der Waals surface area contributed by atoms with Crippen LogP contribution >= 0.6 is 0 Å². The van der Waals surface area contributed by atoms with Gasteiger partial charge in [-0.2, -0.15) is 0 Å². The summed E-state index contributed by atoms with van der Waals surface area (Å²) in [6.07, 6.45) is 0.0532. The molecule has 0 fully saturated rings. The summed E-state index contributed by atoms with van der Waals surface area (Å²) in [5, 5.41) is 0. The maximum atomic E-state index is 4.58. The van der Waals surface area contributed by atoms with Crippen molar-refractivity contribution in [2.75, 3.05) is 6.61 Å². The first-order valence-electron chi connectivity index (χ1n) is 2.09. The molecule has 4 heteroatoms. The van der Waals surface area contributed by atoms with Gasteiger partial charge in [0.1, 0.15) is 0 Å². The average molecular weight is 280 g/mol. The van der Waals surface area contributed by atoms with Crippen LogP contribution in [0.25, 0.3) is 0 Å². The normalized spacial score (nSPS) is 11.0. The fourth-order valence-electron chi connectivity index (χ4n) is 0.214. The van der Waals surface area contributed by atoms with E-state index in [1.165, 1.54) is 0 Å². The number of ether oxygens (including phenoxy) is 2. The van der Waals surface area contributed by atoms with Gasteiger partial charge in [-0.25, -0.2) is 14.2 Å². The molecule has 2 radical (unpaired) electrons. The largest absolute Gasteiger partial charge is 0.553 e. The van der Waals surface area contributed by atoms with E-state index in [4.69, 9.17) is 0 Å². The minimum absolute atomic E-state index is 0. The first-order chi connectivity index (χ1) is 3.31. The number of hydrogen-bond donors (Lipinski definition) is 0. The van der Waals surface area contributed by atoms with Gasteiger partial charge in [0.2, 0.25) is 0 Å². The molecule has 0 rings (SSSR count). The second-order valence-electron chi connectivity index (χ2n) is 1.35. The van der Waals surface area contributed by atoms with Crippen LogP contribution in [0.1, 0.15) is 6.92 Å². The van der Waals surface area contributed by atoms with Gasteiger partial charge < -0.3 is 9.47 Å². The Morgan fingerprint density at radius 3 is 1.89 bits per heavy atom. The fourth-order valence-corrected chi connectivity index (χ4v) is 0.214. The SMILES string of the molecule is [CH2-]OCC(C)O[CH2-].[Y].[Y]. The zero-order chi connectivity index (χ0) is 5.70. The van der Waals surface area contributed by atoms with E-state index in [0.717, 1.165) is 0 Å². The molecular weight excluding hydrogens is 270 g/mol. The Morgan fingerprint density at radius 2 is 1.78 bits per heavy atom. The predicted octanol–water partition coefficient (Wildman–Crippen LogP) is 0.986. The molecule has 0 aromatic rings. The minimum Gasteiger partial charge on any atom is -0.553 e. The van der Waals surface area contributed by atoms with E-state index in [2.05, 4.69) is 23.7 Å². The summed E-state index contributed by atoms with van der Waals surface area (Å²) in [5.41, 5.74) is 0. The van der Waals surface area contributed by atoms with Crippen molar-refractivity contribution in [3.63, 3.8) is 0 Å². The van der Waals surface area contributed by atoms with E-state index < -0.39 is 0 Å².